The molecule has 0 spiro atoms. The molecular weight excluding hydrogens is 204 g/mol. The Morgan fingerprint density at radius 2 is 1.35 bits per heavy atom. The number of hydrogen-bond acceptors (Lipinski definition) is 0. The molecule has 0 heteroatoms. The number of benzene rings is 3. The molecule has 0 radical (unpaired) electrons. The molecule has 2 aromatic rings. The van der Waals surface area contributed by atoms with Gasteiger partial charge in [0.15, 0.2) is 0 Å². The fraction of sp³-hybridized carbons (Fsp3) is 0. The largest absolute Gasteiger partial charge is 0.117 e. The van der Waals surface area contributed by atoms with Gasteiger partial charge in [0.2, 0.25) is 0 Å². The van der Waals surface area contributed by atoms with E-state index in [1.807, 2.05) is 0 Å². The number of hydrogen-bond donors (Lipinski definition) is 0. The molecule has 17 heavy (non-hydrogen) atoms. The van der Waals surface area contributed by atoms with Gasteiger partial charge in [0, 0.05) is 0 Å². The third-order valence-corrected chi connectivity index (χ3v) is 3.54. The van der Waals surface area contributed by atoms with Crippen molar-refractivity contribution in [3.8, 4) is 11.1 Å². The van der Waals surface area contributed by atoms with Gasteiger partial charge in [-0.05, 0) is 0 Å². The van der Waals surface area contributed by atoms with Gasteiger partial charge in [-0.25, -0.2) is 0 Å². The molecule has 80 valence electrons. The Morgan fingerprint density at radius 1 is 0.588 bits per heavy atom. The summed E-state index contributed by atoms with van der Waals surface area (Å²) in [6.07, 6.45) is 0. The third kappa shape index (κ3) is 1.10. The Labute approximate surface area is 99.8 Å². The first-order valence-corrected chi connectivity index (χ1v) is 5.90. The van der Waals surface area contributed by atoms with E-state index in [9.17, 15) is 0 Å². The van der Waals surface area contributed by atoms with Crippen LogP contribution in [0.2, 0.25) is 0 Å². The Balaban J connectivity index is 2.43. The highest BCUT2D eigenvalue weighted by atomic mass is 14.1. The zero-order valence-electron chi connectivity index (χ0n) is 9.35. The van der Waals surface area contributed by atoms with Gasteiger partial charge in [-0.1, -0.05) is 69.1 Å². The minimum absolute atomic E-state index is 1.35. The third-order valence-electron chi connectivity index (χ3n) is 3.54. The zero-order chi connectivity index (χ0) is 11.2. The molecule has 2 aromatic carbocycles. The van der Waals surface area contributed by atoms with Crippen molar-refractivity contribution in [2.45, 2.75) is 0 Å². The first-order valence-electron chi connectivity index (χ1n) is 5.90. The highest BCUT2D eigenvalue weighted by molar-refractivity contribution is 6.19. The molecule has 0 aromatic heterocycles. The van der Waals surface area contributed by atoms with E-state index in [1.54, 1.807) is 0 Å². The van der Waals surface area contributed by atoms with E-state index in [4.69, 9.17) is 0 Å². The Morgan fingerprint density at radius 3 is 2.35 bits per heavy atom. The number of fused-ring (bicyclic) bond motifs is 6. The maximum Gasteiger partial charge on any atom is -0.0661 e. The van der Waals surface area contributed by atoms with E-state index in [2.05, 4.69) is 66.7 Å². The van der Waals surface area contributed by atoms with Crippen LogP contribution in [0.1, 0.15) is 0 Å². The van der Waals surface area contributed by atoms with Crippen LogP contribution in [0.5, 0.6) is 0 Å². The van der Waals surface area contributed by atoms with Crippen molar-refractivity contribution < 1.29 is 0 Å². The molecule has 0 saturated heterocycles. The van der Waals surface area contributed by atoms with Gasteiger partial charge >= 0.3 is 0 Å². The SMILES string of the molecule is c1cc2c3ccccc3[c-]3ccccc3c-2c1. The Kier molecular flexibility index (Phi) is 1.64. The summed E-state index contributed by atoms with van der Waals surface area (Å²) >= 11 is 0. The standard InChI is InChI=1S/C17H11/c1-3-8-14-12(6-1)13-7-2-4-9-15(13)17-11-5-10-16(14)17/h1-11H/q-1. The number of rotatable bonds is 0. The lowest BCUT2D eigenvalue weighted by molar-refractivity contribution is 1.76. The maximum atomic E-state index is 2.21. The highest BCUT2D eigenvalue weighted by Crippen LogP contribution is 2.39. The lowest BCUT2D eigenvalue weighted by Crippen LogP contribution is -1.83. The monoisotopic (exact) mass is 215 g/mol. The smallest absolute Gasteiger partial charge is 0.0661 e. The van der Waals surface area contributed by atoms with Crippen molar-refractivity contribution in [3.05, 3.63) is 66.7 Å². The van der Waals surface area contributed by atoms with Crippen LogP contribution >= 0.6 is 0 Å². The van der Waals surface area contributed by atoms with Crippen LogP contribution in [0.15, 0.2) is 66.7 Å². The van der Waals surface area contributed by atoms with Crippen LogP contribution in [0.3, 0.4) is 0 Å². The van der Waals surface area contributed by atoms with Crippen LogP contribution in [-0.2, 0) is 0 Å². The molecule has 0 N–H and O–H groups in total. The van der Waals surface area contributed by atoms with Crippen molar-refractivity contribution in [1.82, 2.24) is 0 Å². The predicted molar refractivity (Wildman–Crippen MR) is 73.7 cm³/mol. The van der Waals surface area contributed by atoms with Crippen LogP contribution in [-0.4, -0.2) is 0 Å². The van der Waals surface area contributed by atoms with E-state index >= 15 is 0 Å². The summed E-state index contributed by atoms with van der Waals surface area (Å²) in [5.41, 5.74) is 2.72. The molecule has 0 bridgehead atoms. The molecule has 2 aliphatic carbocycles. The van der Waals surface area contributed by atoms with Gasteiger partial charge in [0.1, 0.15) is 0 Å². The van der Waals surface area contributed by atoms with Crippen LogP contribution < -0.4 is 0 Å². The summed E-state index contributed by atoms with van der Waals surface area (Å²) < 4.78 is 0. The second kappa shape index (κ2) is 3.14. The summed E-state index contributed by atoms with van der Waals surface area (Å²) in [5.74, 6) is 0. The van der Waals surface area contributed by atoms with Crippen LogP contribution in [0.25, 0.3) is 32.7 Å². The fourth-order valence-electron chi connectivity index (χ4n) is 2.80. The predicted octanol–water partition coefficient (Wildman–Crippen LogP) is 4.82. The molecule has 0 amide bonds. The van der Waals surface area contributed by atoms with Crippen LogP contribution in [0.4, 0.5) is 0 Å². The average molecular weight is 215 g/mol. The molecular formula is C17H11-. The summed E-state index contributed by atoms with van der Waals surface area (Å²) in [6.45, 7) is 0. The second-order valence-electron chi connectivity index (χ2n) is 4.44. The summed E-state index contributed by atoms with van der Waals surface area (Å²) in [4.78, 5) is 0. The van der Waals surface area contributed by atoms with Gasteiger partial charge in [-0.3, -0.25) is 0 Å². The molecule has 2 aliphatic rings. The second-order valence-corrected chi connectivity index (χ2v) is 4.44. The fourth-order valence-corrected chi connectivity index (χ4v) is 2.80. The molecule has 0 saturated carbocycles. The normalized spacial score (nSPS) is 11.5. The van der Waals surface area contributed by atoms with Crippen molar-refractivity contribution in [3.63, 3.8) is 0 Å². The maximum absolute atomic E-state index is 2.21. The van der Waals surface area contributed by atoms with Crippen molar-refractivity contribution in [2.75, 3.05) is 0 Å². The van der Waals surface area contributed by atoms with E-state index in [-0.39, 0.29) is 0 Å². The minimum atomic E-state index is 1.35. The minimum Gasteiger partial charge on any atom is -0.117 e. The van der Waals surface area contributed by atoms with E-state index in [0.29, 0.717) is 0 Å². The van der Waals surface area contributed by atoms with E-state index < -0.39 is 0 Å². The molecule has 0 fully saturated rings. The summed E-state index contributed by atoms with van der Waals surface area (Å²) in [7, 11) is 0. The molecule has 0 atom stereocenters. The van der Waals surface area contributed by atoms with Crippen molar-refractivity contribution in [1.29, 1.82) is 0 Å². The lowest BCUT2D eigenvalue weighted by atomic mass is 9.93. The van der Waals surface area contributed by atoms with Crippen LogP contribution in [0, 0.1) is 0 Å². The summed E-state index contributed by atoms with van der Waals surface area (Å²) in [6, 6.07) is 23.9. The van der Waals surface area contributed by atoms with Gasteiger partial charge in [-0.15, -0.1) is 30.3 Å². The quantitative estimate of drug-likeness (QED) is 0.291. The first kappa shape index (κ1) is 8.89. The Hall–Kier alpha value is -2.21. The highest BCUT2D eigenvalue weighted by Gasteiger charge is 2.06. The van der Waals surface area contributed by atoms with Gasteiger partial charge in [-0.2, -0.15) is 0 Å². The van der Waals surface area contributed by atoms with Crippen molar-refractivity contribution in [2.24, 2.45) is 0 Å². The molecule has 0 unspecified atom stereocenters. The average Bonchev–Trinajstić information content (AvgIpc) is 2.89. The first-order chi connectivity index (χ1) is 8.45. The molecule has 0 heterocycles. The zero-order valence-corrected chi connectivity index (χ0v) is 9.35. The topological polar surface area (TPSA) is 0 Å². The Bertz CT molecular complexity index is 723. The van der Waals surface area contributed by atoms with E-state index in [1.165, 1.54) is 32.7 Å². The molecule has 4 rings (SSSR count). The van der Waals surface area contributed by atoms with E-state index in [0.717, 1.165) is 0 Å². The van der Waals surface area contributed by atoms with Crippen molar-refractivity contribution >= 4 is 21.5 Å². The van der Waals surface area contributed by atoms with Gasteiger partial charge in [0.25, 0.3) is 0 Å². The van der Waals surface area contributed by atoms with Gasteiger partial charge < -0.3 is 0 Å². The summed E-state index contributed by atoms with van der Waals surface area (Å²) in [5, 5.41) is 5.40. The molecule has 0 nitrogen and oxygen atoms in total. The molecule has 0 aliphatic heterocycles. The van der Waals surface area contributed by atoms with Gasteiger partial charge in [0.05, 0.1) is 0 Å². The lowest BCUT2D eigenvalue weighted by Gasteiger charge is -2.17.